The summed E-state index contributed by atoms with van der Waals surface area (Å²) in [6.45, 7) is 0. The molecular weight excluding hydrogens is 490 g/mol. The van der Waals surface area contributed by atoms with E-state index < -0.39 is 0 Å². The van der Waals surface area contributed by atoms with Crippen molar-refractivity contribution in [3.05, 3.63) is 133 Å². The Balaban J connectivity index is 1.34. The van der Waals surface area contributed by atoms with E-state index in [0.29, 0.717) is 5.56 Å². The molecule has 3 heteroatoms. The van der Waals surface area contributed by atoms with Gasteiger partial charge >= 0.3 is 0 Å². The molecule has 0 aliphatic carbocycles. The van der Waals surface area contributed by atoms with Crippen LogP contribution in [0.5, 0.6) is 0 Å². The standard InChI is InChI=1S/C37H21NO2/c38-22-23-6-5-7-26(18-23)31-19-24(25-13-16-36-32(20-25)29-8-1-3-10-34(29)39-36)12-15-28(31)27-14-17-37-33(21-27)30-9-2-4-11-35(30)40-37/h1-21H. The zero-order valence-corrected chi connectivity index (χ0v) is 21.4. The minimum atomic E-state index is 0.636. The second kappa shape index (κ2) is 8.73. The van der Waals surface area contributed by atoms with Crippen LogP contribution in [0.15, 0.2) is 136 Å². The number of nitrogens with zero attached hydrogens (tertiary/aromatic N) is 1. The largest absolute Gasteiger partial charge is 0.456 e. The van der Waals surface area contributed by atoms with Crippen molar-refractivity contribution in [2.45, 2.75) is 0 Å². The zero-order chi connectivity index (χ0) is 26.6. The highest BCUT2D eigenvalue weighted by molar-refractivity contribution is 6.08. The van der Waals surface area contributed by atoms with Crippen molar-refractivity contribution in [2.75, 3.05) is 0 Å². The lowest BCUT2D eigenvalue weighted by Gasteiger charge is -2.14. The molecule has 186 valence electrons. The molecule has 3 nitrogen and oxygen atoms in total. The van der Waals surface area contributed by atoms with Crippen LogP contribution in [0, 0.1) is 11.3 Å². The van der Waals surface area contributed by atoms with Gasteiger partial charge in [0, 0.05) is 21.5 Å². The Morgan fingerprint density at radius 2 is 0.950 bits per heavy atom. The van der Waals surface area contributed by atoms with Crippen LogP contribution in [0.1, 0.15) is 5.56 Å². The topological polar surface area (TPSA) is 50.1 Å². The van der Waals surface area contributed by atoms with Gasteiger partial charge in [0.05, 0.1) is 11.6 Å². The van der Waals surface area contributed by atoms with E-state index >= 15 is 0 Å². The van der Waals surface area contributed by atoms with E-state index in [2.05, 4.69) is 66.7 Å². The molecule has 0 atom stereocenters. The van der Waals surface area contributed by atoms with E-state index in [9.17, 15) is 5.26 Å². The molecule has 0 saturated carbocycles. The average molecular weight is 512 g/mol. The van der Waals surface area contributed by atoms with E-state index in [-0.39, 0.29) is 0 Å². The molecular formula is C37H21NO2. The average Bonchev–Trinajstić information content (AvgIpc) is 3.58. The Kier molecular flexibility index (Phi) is 4.89. The van der Waals surface area contributed by atoms with Crippen LogP contribution in [0.3, 0.4) is 0 Å². The molecule has 0 bridgehead atoms. The molecule has 0 N–H and O–H groups in total. The lowest BCUT2D eigenvalue weighted by atomic mass is 9.90. The maximum Gasteiger partial charge on any atom is 0.135 e. The molecule has 8 aromatic rings. The molecule has 0 spiro atoms. The van der Waals surface area contributed by atoms with Crippen LogP contribution in [0.25, 0.3) is 77.3 Å². The Hall–Kier alpha value is -5.59. The number of nitriles is 1. The lowest BCUT2D eigenvalue weighted by Crippen LogP contribution is -1.89. The van der Waals surface area contributed by atoms with E-state index in [1.807, 2.05) is 66.7 Å². The quantitative estimate of drug-likeness (QED) is 0.237. The van der Waals surface area contributed by atoms with Gasteiger partial charge in [0.2, 0.25) is 0 Å². The molecule has 0 aliphatic rings. The first-order valence-electron chi connectivity index (χ1n) is 13.2. The van der Waals surface area contributed by atoms with Gasteiger partial charge in [-0.15, -0.1) is 0 Å². The summed E-state index contributed by atoms with van der Waals surface area (Å²) in [5.74, 6) is 0. The third-order valence-electron chi connectivity index (χ3n) is 7.72. The van der Waals surface area contributed by atoms with Crippen molar-refractivity contribution in [3.8, 4) is 39.4 Å². The molecule has 0 fully saturated rings. The van der Waals surface area contributed by atoms with Crippen molar-refractivity contribution in [1.29, 1.82) is 5.26 Å². The second-order valence-corrected chi connectivity index (χ2v) is 10.1. The van der Waals surface area contributed by atoms with Crippen LogP contribution < -0.4 is 0 Å². The SMILES string of the molecule is N#Cc1cccc(-c2cc(-c3ccc4oc5ccccc5c4c3)ccc2-c2ccc3oc4ccccc4c3c2)c1. The van der Waals surface area contributed by atoms with Crippen LogP contribution >= 0.6 is 0 Å². The Morgan fingerprint density at radius 1 is 0.400 bits per heavy atom. The third-order valence-corrected chi connectivity index (χ3v) is 7.72. The fraction of sp³-hybridized carbons (Fsp3) is 0. The molecule has 8 rings (SSSR count). The van der Waals surface area contributed by atoms with E-state index in [0.717, 1.165) is 77.3 Å². The van der Waals surface area contributed by atoms with Gasteiger partial charge in [0.1, 0.15) is 22.3 Å². The van der Waals surface area contributed by atoms with Crippen molar-refractivity contribution in [3.63, 3.8) is 0 Å². The minimum absolute atomic E-state index is 0.636. The number of rotatable bonds is 3. The van der Waals surface area contributed by atoms with Gasteiger partial charge in [-0.25, -0.2) is 0 Å². The third kappa shape index (κ3) is 3.51. The van der Waals surface area contributed by atoms with Gasteiger partial charge in [-0.2, -0.15) is 5.26 Å². The van der Waals surface area contributed by atoms with Gasteiger partial charge in [-0.3, -0.25) is 0 Å². The zero-order valence-electron chi connectivity index (χ0n) is 21.4. The first-order valence-corrected chi connectivity index (χ1v) is 13.2. The first kappa shape index (κ1) is 22.4. The van der Waals surface area contributed by atoms with E-state index in [1.165, 1.54) is 0 Å². The number of hydrogen-bond acceptors (Lipinski definition) is 3. The van der Waals surface area contributed by atoms with Crippen LogP contribution in [-0.2, 0) is 0 Å². The van der Waals surface area contributed by atoms with Crippen molar-refractivity contribution < 1.29 is 8.83 Å². The fourth-order valence-electron chi connectivity index (χ4n) is 5.77. The summed E-state index contributed by atoms with van der Waals surface area (Å²) >= 11 is 0. The first-order chi connectivity index (χ1) is 19.7. The van der Waals surface area contributed by atoms with E-state index in [4.69, 9.17) is 8.83 Å². The van der Waals surface area contributed by atoms with Crippen LogP contribution in [0.2, 0.25) is 0 Å². The van der Waals surface area contributed by atoms with Gasteiger partial charge in [-0.05, 0) is 88.0 Å². The van der Waals surface area contributed by atoms with Gasteiger partial charge in [0.25, 0.3) is 0 Å². The normalized spacial score (nSPS) is 11.5. The van der Waals surface area contributed by atoms with E-state index in [1.54, 1.807) is 0 Å². The molecule has 0 radical (unpaired) electrons. The van der Waals surface area contributed by atoms with Crippen molar-refractivity contribution >= 4 is 43.9 Å². The molecule has 2 aromatic heterocycles. The highest BCUT2D eigenvalue weighted by Gasteiger charge is 2.15. The molecule has 40 heavy (non-hydrogen) atoms. The molecule has 0 amide bonds. The second-order valence-electron chi connectivity index (χ2n) is 10.1. The summed E-state index contributed by atoms with van der Waals surface area (Å²) in [5.41, 5.74) is 10.6. The fourth-order valence-corrected chi connectivity index (χ4v) is 5.77. The molecule has 0 aliphatic heterocycles. The molecule has 0 saturated heterocycles. The predicted molar refractivity (Wildman–Crippen MR) is 162 cm³/mol. The highest BCUT2D eigenvalue weighted by Crippen LogP contribution is 2.40. The summed E-state index contributed by atoms with van der Waals surface area (Å²) in [4.78, 5) is 0. The maximum absolute atomic E-state index is 9.62. The monoisotopic (exact) mass is 511 g/mol. The smallest absolute Gasteiger partial charge is 0.135 e. The van der Waals surface area contributed by atoms with Gasteiger partial charge < -0.3 is 8.83 Å². The number of benzene rings is 6. The number of hydrogen-bond donors (Lipinski definition) is 0. The number of para-hydroxylation sites is 2. The van der Waals surface area contributed by atoms with Gasteiger partial charge in [-0.1, -0.05) is 72.8 Å². The molecule has 2 heterocycles. The molecule has 6 aromatic carbocycles. The highest BCUT2D eigenvalue weighted by atomic mass is 16.3. The van der Waals surface area contributed by atoms with Crippen LogP contribution in [0.4, 0.5) is 0 Å². The summed E-state index contributed by atoms with van der Waals surface area (Å²) in [6.07, 6.45) is 0. The molecule has 0 unspecified atom stereocenters. The van der Waals surface area contributed by atoms with Crippen molar-refractivity contribution in [1.82, 2.24) is 0 Å². The number of fused-ring (bicyclic) bond motifs is 6. The summed E-state index contributed by atoms with van der Waals surface area (Å²) in [7, 11) is 0. The summed E-state index contributed by atoms with van der Waals surface area (Å²) in [6, 6.07) is 45.7. The summed E-state index contributed by atoms with van der Waals surface area (Å²) < 4.78 is 12.1. The Morgan fingerprint density at radius 3 is 1.65 bits per heavy atom. The Bertz CT molecular complexity index is 2290. The Labute approximate surface area is 230 Å². The summed E-state index contributed by atoms with van der Waals surface area (Å²) in [5, 5.41) is 14.0. The maximum atomic E-state index is 9.62. The minimum Gasteiger partial charge on any atom is -0.456 e. The lowest BCUT2D eigenvalue weighted by molar-refractivity contribution is 0.668. The predicted octanol–water partition coefficient (Wildman–Crippen LogP) is 10.4. The van der Waals surface area contributed by atoms with Gasteiger partial charge in [0.15, 0.2) is 0 Å². The van der Waals surface area contributed by atoms with Crippen molar-refractivity contribution in [2.24, 2.45) is 0 Å². The van der Waals surface area contributed by atoms with Crippen LogP contribution in [-0.4, -0.2) is 0 Å². The number of furan rings is 2.